The highest BCUT2D eigenvalue weighted by molar-refractivity contribution is 6.41. The number of aromatic nitrogens is 3. The first-order valence-electron chi connectivity index (χ1n) is 10.5. The first kappa shape index (κ1) is 26.5. The number of hydrogen-bond acceptors (Lipinski definition) is 7. The van der Waals surface area contributed by atoms with Crippen LogP contribution in [0.2, 0.25) is 10.0 Å². The molecule has 0 spiro atoms. The van der Waals surface area contributed by atoms with Gasteiger partial charge < -0.3 is 15.4 Å². The summed E-state index contributed by atoms with van der Waals surface area (Å²) in [7, 11) is 0. The molecule has 4 rings (SSSR count). The molecule has 0 aliphatic carbocycles. The lowest BCUT2D eigenvalue weighted by molar-refractivity contribution is 0.0917. The molecule has 11 heteroatoms. The third-order valence-corrected chi connectivity index (χ3v) is 5.05. The molecular formula is C22H27Cl2N5O4. The van der Waals surface area contributed by atoms with Crippen LogP contribution >= 0.6 is 23.2 Å². The van der Waals surface area contributed by atoms with Crippen LogP contribution in [0, 0.1) is 5.92 Å². The second-order valence-electron chi connectivity index (χ2n) is 6.64. The molecule has 9 nitrogen and oxygen atoms in total. The smallest absolute Gasteiger partial charge is 0.380 e. The maximum Gasteiger partial charge on any atom is 0.439 e. The van der Waals surface area contributed by atoms with Gasteiger partial charge >= 0.3 is 5.76 Å². The fraction of sp³-hybridized carbons (Fsp3) is 0.364. The van der Waals surface area contributed by atoms with Crippen LogP contribution in [0.5, 0.6) is 0 Å². The number of halogens is 2. The van der Waals surface area contributed by atoms with Crippen LogP contribution in [0.25, 0.3) is 11.4 Å². The Hall–Kier alpha value is -2.72. The number of carbonyl (C=O) groups excluding carboxylic acids is 1. The summed E-state index contributed by atoms with van der Waals surface area (Å²) in [5.41, 5.74) is 0.796. The van der Waals surface area contributed by atoms with E-state index in [2.05, 4.69) is 30.3 Å². The number of carbonyl (C=O) groups is 1. The minimum absolute atomic E-state index is 0.219. The van der Waals surface area contributed by atoms with E-state index in [0.717, 1.165) is 13.1 Å². The molecule has 1 aromatic carbocycles. The average molecular weight is 496 g/mol. The highest BCUT2D eigenvalue weighted by Gasteiger charge is 2.15. The van der Waals surface area contributed by atoms with E-state index >= 15 is 0 Å². The van der Waals surface area contributed by atoms with Gasteiger partial charge in [-0.3, -0.25) is 19.3 Å². The zero-order valence-corrected chi connectivity index (χ0v) is 19.9. The van der Waals surface area contributed by atoms with Gasteiger partial charge in [-0.25, -0.2) is 4.79 Å². The van der Waals surface area contributed by atoms with Gasteiger partial charge in [-0.1, -0.05) is 54.3 Å². The van der Waals surface area contributed by atoms with Crippen molar-refractivity contribution >= 4 is 29.1 Å². The van der Waals surface area contributed by atoms with Crippen molar-refractivity contribution in [2.24, 2.45) is 5.92 Å². The fourth-order valence-corrected chi connectivity index (χ4v) is 2.99. The predicted molar refractivity (Wildman–Crippen MR) is 128 cm³/mol. The lowest BCUT2D eigenvalue weighted by Crippen LogP contribution is -2.35. The molecule has 33 heavy (non-hydrogen) atoms. The van der Waals surface area contributed by atoms with Crippen molar-refractivity contribution < 1.29 is 14.1 Å². The molecule has 1 amide bonds. The molecule has 1 aliphatic rings. The van der Waals surface area contributed by atoms with E-state index in [4.69, 9.17) is 27.9 Å². The molecule has 0 saturated carbocycles. The van der Waals surface area contributed by atoms with Gasteiger partial charge in [-0.05, 0) is 24.3 Å². The second-order valence-corrected chi connectivity index (χ2v) is 7.46. The third-order valence-electron chi connectivity index (χ3n) is 4.29. The maximum absolute atomic E-state index is 12.2. The molecule has 2 aromatic heterocycles. The monoisotopic (exact) mass is 495 g/mol. The van der Waals surface area contributed by atoms with E-state index in [1.807, 2.05) is 26.0 Å². The van der Waals surface area contributed by atoms with Crippen molar-refractivity contribution in [3.8, 4) is 11.4 Å². The quantitative estimate of drug-likeness (QED) is 0.506. The summed E-state index contributed by atoms with van der Waals surface area (Å²) in [6.07, 6.45) is 1.48. The number of hydrogen-bond donors (Lipinski definition) is 3. The summed E-state index contributed by atoms with van der Waals surface area (Å²) in [4.78, 5) is 29.7. The fourth-order valence-electron chi connectivity index (χ4n) is 2.71. The Morgan fingerprint density at radius 3 is 2.58 bits per heavy atom. The molecule has 3 aromatic rings. The average Bonchev–Trinajstić information content (AvgIpc) is 3.12. The van der Waals surface area contributed by atoms with Gasteiger partial charge in [-0.15, -0.1) is 0 Å². The number of nitrogens with one attached hydrogen (secondary N) is 3. The maximum atomic E-state index is 12.2. The number of pyridine rings is 1. The van der Waals surface area contributed by atoms with Crippen LogP contribution in [0.15, 0.2) is 51.9 Å². The Labute approximate surface area is 201 Å². The van der Waals surface area contributed by atoms with E-state index in [0.29, 0.717) is 35.4 Å². The first-order chi connectivity index (χ1) is 16.0. The van der Waals surface area contributed by atoms with Gasteiger partial charge in [0, 0.05) is 37.3 Å². The highest BCUT2D eigenvalue weighted by Crippen LogP contribution is 2.19. The van der Waals surface area contributed by atoms with Crippen LogP contribution in [0.1, 0.15) is 24.3 Å². The van der Waals surface area contributed by atoms with Crippen molar-refractivity contribution in [1.29, 1.82) is 0 Å². The van der Waals surface area contributed by atoms with E-state index in [-0.39, 0.29) is 23.3 Å². The number of rotatable bonds is 4. The highest BCUT2D eigenvalue weighted by atomic mass is 35.5. The molecule has 1 atom stereocenters. The molecule has 3 N–H and O–H groups in total. The van der Waals surface area contributed by atoms with Crippen molar-refractivity contribution in [1.82, 2.24) is 25.8 Å². The minimum Gasteiger partial charge on any atom is -0.380 e. The van der Waals surface area contributed by atoms with Crippen LogP contribution in [0.3, 0.4) is 0 Å². The van der Waals surface area contributed by atoms with E-state index in [9.17, 15) is 9.59 Å². The Morgan fingerprint density at radius 2 is 1.94 bits per heavy atom. The summed E-state index contributed by atoms with van der Waals surface area (Å²) < 4.78 is 9.90. The molecule has 3 heterocycles. The first-order valence-corrected chi connectivity index (χ1v) is 11.3. The SMILES string of the molecule is CC.Clc1ccccc1Cl.O=C(NCC1CNCCOC1)c1cc(-c2noc(=O)[nH]2)ccn1. The summed E-state index contributed by atoms with van der Waals surface area (Å²) in [5, 5.41) is 10.9. The van der Waals surface area contributed by atoms with Gasteiger partial charge in [-0.2, -0.15) is 0 Å². The Morgan fingerprint density at radius 1 is 1.21 bits per heavy atom. The molecular weight excluding hydrogens is 469 g/mol. The number of aromatic amines is 1. The number of ether oxygens (including phenoxy) is 1. The topological polar surface area (TPSA) is 122 Å². The van der Waals surface area contributed by atoms with Crippen LogP contribution in [0.4, 0.5) is 0 Å². The normalized spacial score (nSPS) is 15.2. The molecule has 0 bridgehead atoms. The zero-order chi connectivity index (χ0) is 24.1. The van der Waals surface area contributed by atoms with Gasteiger partial charge in [0.15, 0.2) is 5.82 Å². The third kappa shape index (κ3) is 8.97. The standard InChI is InChI=1S/C14H17N5O4.C6H4Cl2.C2H6/c20-13(17-7-9-6-15-3-4-22-8-9)11-5-10(1-2-16-11)12-18-14(21)23-19-12;7-5-3-1-2-4-6(5)8;1-2/h1-2,5,9,15H,3-4,6-8H2,(H,17,20)(H,18,19,21);1-4H;1-2H3. The van der Waals surface area contributed by atoms with Crippen LogP contribution < -0.4 is 16.4 Å². The van der Waals surface area contributed by atoms with Crippen molar-refractivity contribution in [2.45, 2.75) is 13.8 Å². The van der Waals surface area contributed by atoms with Gasteiger partial charge in [0.05, 0.1) is 23.3 Å². The molecule has 1 fully saturated rings. The lowest BCUT2D eigenvalue weighted by Gasteiger charge is -2.14. The Kier molecular flexibility index (Phi) is 11.6. The summed E-state index contributed by atoms with van der Waals surface area (Å²) in [6, 6.07) is 10.4. The molecule has 1 saturated heterocycles. The Bertz CT molecular complexity index is 1030. The lowest BCUT2D eigenvalue weighted by atomic mass is 10.1. The zero-order valence-electron chi connectivity index (χ0n) is 18.4. The van der Waals surface area contributed by atoms with Crippen molar-refractivity contribution in [3.05, 3.63) is 68.9 Å². The van der Waals surface area contributed by atoms with Crippen molar-refractivity contribution in [2.75, 3.05) is 32.8 Å². The minimum atomic E-state index is -0.649. The van der Waals surface area contributed by atoms with Gasteiger partial charge in [0.2, 0.25) is 0 Å². The second kappa shape index (κ2) is 14.4. The summed E-state index contributed by atoms with van der Waals surface area (Å²) in [6.45, 7) is 7.42. The van der Waals surface area contributed by atoms with E-state index < -0.39 is 5.76 Å². The number of benzene rings is 1. The molecule has 0 radical (unpaired) electrons. The molecule has 178 valence electrons. The van der Waals surface area contributed by atoms with Gasteiger partial charge in [0.1, 0.15) is 5.69 Å². The van der Waals surface area contributed by atoms with Gasteiger partial charge in [0.25, 0.3) is 5.91 Å². The predicted octanol–water partition coefficient (Wildman–Crippen LogP) is 3.41. The van der Waals surface area contributed by atoms with E-state index in [1.54, 1.807) is 24.3 Å². The molecule has 1 aliphatic heterocycles. The van der Waals surface area contributed by atoms with Crippen molar-refractivity contribution in [3.63, 3.8) is 0 Å². The number of H-pyrrole nitrogens is 1. The van der Waals surface area contributed by atoms with E-state index in [1.165, 1.54) is 6.20 Å². The largest absolute Gasteiger partial charge is 0.439 e. The van der Waals surface area contributed by atoms with Crippen LogP contribution in [-0.4, -0.2) is 53.9 Å². The number of amides is 1. The molecule has 1 unspecified atom stereocenters. The Balaban J connectivity index is 0.000000323. The summed E-state index contributed by atoms with van der Waals surface area (Å²) >= 11 is 11.2. The number of nitrogens with zero attached hydrogens (tertiary/aromatic N) is 2. The summed E-state index contributed by atoms with van der Waals surface area (Å²) in [5.74, 6) is -0.463. The van der Waals surface area contributed by atoms with Crippen LogP contribution in [-0.2, 0) is 4.74 Å².